The zero-order valence-electron chi connectivity index (χ0n) is 18.5. The number of hydrogen-bond donors (Lipinski definition) is 2. The molecular formula is C25H28Cl2N6. The molecule has 0 spiro atoms. The number of anilines is 2. The molecule has 0 atom stereocenters. The summed E-state index contributed by atoms with van der Waals surface area (Å²) in [6, 6.07) is 11.4. The highest BCUT2D eigenvalue weighted by Gasteiger charge is 2.05. The first-order chi connectivity index (χ1) is 16.2. The van der Waals surface area contributed by atoms with Crippen molar-refractivity contribution in [3.05, 3.63) is 59.1 Å². The highest BCUT2D eigenvalue weighted by molar-refractivity contribution is 6.31. The molecule has 33 heavy (non-hydrogen) atoms. The fraction of sp³-hybridized carbons (Fsp3) is 0.360. The maximum Gasteiger partial charge on any atom is 0.137 e. The van der Waals surface area contributed by atoms with E-state index >= 15 is 0 Å². The minimum Gasteiger partial charge on any atom is -0.369 e. The molecule has 0 fully saturated rings. The van der Waals surface area contributed by atoms with Crippen LogP contribution in [-0.2, 0) is 0 Å². The van der Waals surface area contributed by atoms with Crippen LogP contribution in [0.1, 0.15) is 44.9 Å². The maximum atomic E-state index is 6.05. The number of nitrogens with zero attached hydrogens (tertiary/aromatic N) is 4. The summed E-state index contributed by atoms with van der Waals surface area (Å²) in [5.74, 6) is 1.76. The lowest BCUT2D eigenvalue weighted by atomic mass is 10.1. The second-order valence-corrected chi connectivity index (χ2v) is 8.97. The molecule has 0 aliphatic carbocycles. The van der Waals surface area contributed by atoms with Crippen molar-refractivity contribution in [2.45, 2.75) is 44.9 Å². The van der Waals surface area contributed by atoms with Gasteiger partial charge in [0.1, 0.15) is 24.3 Å². The Bertz CT molecular complexity index is 1110. The molecule has 4 rings (SSSR count). The second-order valence-electron chi connectivity index (χ2n) is 8.10. The van der Waals surface area contributed by atoms with Gasteiger partial charge in [-0.25, -0.2) is 19.9 Å². The van der Waals surface area contributed by atoms with Crippen molar-refractivity contribution in [3.8, 4) is 0 Å². The predicted octanol–water partition coefficient (Wildman–Crippen LogP) is 7.13. The van der Waals surface area contributed by atoms with Gasteiger partial charge in [-0.1, -0.05) is 55.3 Å². The molecule has 0 radical (unpaired) electrons. The van der Waals surface area contributed by atoms with Gasteiger partial charge in [0.25, 0.3) is 0 Å². The van der Waals surface area contributed by atoms with Crippen LogP contribution in [0.3, 0.4) is 0 Å². The minimum atomic E-state index is 0.691. The molecule has 0 unspecified atom stereocenters. The number of rotatable bonds is 12. The van der Waals surface area contributed by atoms with Crippen molar-refractivity contribution < 1.29 is 0 Å². The molecule has 2 aromatic heterocycles. The molecule has 2 aromatic carbocycles. The van der Waals surface area contributed by atoms with Crippen molar-refractivity contribution in [1.82, 2.24) is 19.9 Å². The van der Waals surface area contributed by atoms with Gasteiger partial charge < -0.3 is 10.6 Å². The molecule has 8 heteroatoms. The SMILES string of the molecule is Clc1ccc2c(NCCCCCCCCCNc3ncnc4cc(Cl)ccc34)ncnc2c1. The molecule has 172 valence electrons. The molecule has 0 aliphatic rings. The third-order valence-corrected chi connectivity index (χ3v) is 6.11. The van der Waals surface area contributed by atoms with Crippen molar-refractivity contribution in [2.24, 2.45) is 0 Å². The molecular weight excluding hydrogens is 455 g/mol. The quantitative estimate of drug-likeness (QED) is 0.209. The Morgan fingerprint density at radius 2 is 0.970 bits per heavy atom. The van der Waals surface area contributed by atoms with E-state index in [1.807, 2.05) is 36.4 Å². The summed E-state index contributed by atoms with van der Waals surface area (Å²) in [5, 5.41) is 10.3. The predicted molar refractivity (Wildman–Crippen MR) is 138 cm³/mol. The number of aromatic nitrogens is 4. The number of halogens is 2. The van der Waals surface area contributed by atoms with E-state index < -0.39 is 0 Å². The molecule has 4 aromatic rings. The summed E-state index contributed by atoms with van der Waals surface area (Å²) in [7, 11) is 0. The largest absolute Gasteiger partial charge is 0.369 e. The Morgan fingerprint density at radius 1 is 0.545 bits per heavy atom. The number of nitrogens with one attached hydrogen (secondary N) is 2. The molecule has 6 nitrogen and oxygen atoms in total. The smallest absolute Gasteiger partial charge is 0.137 e. The number of unbranched alkanes of at least 4 members (excludes halogenated alkanes) is 6. The van der Waals surface area contributed by atoms with E-state index in [4.69, 9.17) is 23.2 Å². The Morgan fingerprint density at radius 3 is 1.42 bits per heavy atom. The lowest BCUT2D eigenvalue weighted by Gasteiger charge is -2.09. The first kappa shape index (κ1) is 23.5. The molecule has 0 bridgehead atoms. The summed E-state index contributed by atoms with van der Waals surface area (Å²) < 4.78 is 0. The normalized spacial score (nSPS) is 11.2. The molecule has 0 aliphatic heterocycles. The fourth-order valence-electron chi connectivity index (χ4n) is 3.89. The summed E-state index contributed by atoms with van der Waals surface area (Å²) >= 11 is 12.1. The number of fused-ring (bicyclic) bond motifs is 2. The van der Waals surface area contributed by atoms with Crippen LogP contribution in [0.4, 0.5) is 11.6 Å². The Hall–Kier alpha value is -2.70. The summed E-state index contributed by atoms with van der Waals surface area (Å²) in [5.41, 5.74) is 1.73. The minimum absolute atomic E-state index is 0.691. The van der Waals surface area contributed by atoms with Crippen LogP contribution < -0.4 is 10.6 Å². The van der Waals surface area contributed by atoms with Gasteiger partial charge in [0.15, 0.2) is 0 Å². The average molecular weight is 483 g/mol. The first-order valence-corrected chi connectivity index (χ1v) is 12.2. The third-order valence-electron chi connectivity index (χ3n) is 5.64. The van der Waals surface area contributed by atoms with Gasteiger partial charge in [-0.2, -0.15) is 0 Å². The van der Waals surface area contributed by atoms with Gasteiger partial charge >= 0.3 is 0 Å². The number of benzene rings is 2. The zero-order chi connectivity index (χ0) is 22.9. The van der Waals surface area contributed by atoms with Gasteiger partial charge in [0.05, 0.1) is 11.0 Å². The average Bonchev–Trinajstić information content (AvgIpc) is 2.82. The molecule has 0 saturated heterocycles. The molecule has 2 N–H and O–H groups in total. The van der Waals surface area contributed by atoms with Crippen LogP contribution in [0.2, 0.25) is 10.0 Å². The van der Waals surface area contributed by atoms with Crippen LogP contribution in [0.5, 0.6) is 0 Å². The lowest BCUT2D eigenvalue weighted by molar-refractivity contribution is 0.591. The maximum absolute atomic E-state index is 6.05. The first-order valence-electron chi connectivity index (χ1n) is 11.5. The van der Waals surface area contributed by atoms with Crippen molar-refractivity contribution >= 4 is 56.6 Å². The van der Waals surface area contributed by atoms with Crippen LogP contribution in [0.25, 0.3) is 21.8 Å². The van der Waals surface area contributed by atoms with E-state index in [1.165, 1.54) is 32.1 Å². The van der Waals surface area contributed by atoms with Gasteiger partial charge in [-0.05, 0) is 49.2 Å². The topological polar surface area (TPSA) is 75.6 Å². The lowest BCUT2D eigenvalue weighted by Crippen LogP contribution is -2.04. The Labute approximate surface area is 204 Å². The standard InChI is InChI=1S/C25H28Cl2N6/c26-18-8-10-20-22(14-18)30-16-32-24(20)28-12-6-4-2-1-3-5-7-13-29-25-21-11-9-19(27)15-23(21)31-17-33-25/h8-11,14-17H,1-7,12-13H2,(H,28,30,32)(H,29,31,33). The van der Waals surface area contributed by atoms with E-state index in [1.54, 1.807) is 12.7 Å². The van der Waals surface area contributed by atoms with Crippen molar-refractivity contribution in [2.75, 3.05) is 23.7 Å². The zero-order valence-corrected chi connectivity index (χ0v) is 20.0. The van der Waals surface area contributed by atoms with Gasteiger partial charge in [-0.3, -0.25) is 0 Å². The van der Waals surface area contributed by atoms with Crippen LogP contribution in [0, 0.1) is 0 Å². The molecule has 2 heterocycles. The molecule has 0 saturated carbocycles. The van der Waals surface area contributed by atoms with E-state index in [0.29, 0.717) is 10.0 Å². The molecule has 0 amide bonds. The fourth-order valence-corrected chi connectivity index (χ4v) is 4.22. The van der Waals surface area contributed by atoms with Crippen LogP contribution in [0.15, 0.2) is 49.1 Å². The third kappa shape index (κ3) is 6.65. The van der Waals surface area contributed by atoms with Crippen molar-refractivity contribution in [3.63, 3.8) is 0 Å². The van der Waals surface area contributed by atoms with Crippen LogP contribution >= 0.6 is 23.2 Å². The van der Waals surface area contributed by atoms with Crippen LogP contribution in [-0.4, -0.2) is 33.0 Å². The summed E-state index contributed by atoms with van der Waals surface area (Å²) in [6.07, 6.45) is 11.6. The van der Waals surface area contributed by atoms with Gasteiger partial charge in [-0.15, -0.1) is 0 Å². The van der Waals surface area contributed by atoms with Crippen molar-refractivity contribution in [1.29, 1.82) is 0 Å². The van der Waals surface area contributed by atoms with E-state index in [0.717, 1.165) is 59.4 Å². The van der Waals surface area contributed by atoms with Gasteiger partial charge in [0.2, 0.25) is 0 Å². The Kier molecular flexibility index (Phi) is 8.50. The van der Waals surface area contributed by atoms with E-state index in [2.05, 4.69) is 30.6 Å². The van der Waals surface area contributed by atoms with Gasteiger partial charge in [0, 0.05) is 33.9 Å². The second kappa shape index (κ2) is 12.0. The highest BCUT2D eigenvalue weighted by Crippen LogP contribution is 2.23. The highest BCUT2D eigenvalue weighted by atomic mass is 35.5. The number of hydrogen-bond acceptors (Lipinski definition) is 6. The van der Waals surface area contributed by atoms with E-state index in [9.17, 15) is 0 Å². The Balaban J connectivity index is 1.07. The summed E-state index contributed by atoms with van der Waals surface area (Å²) in [6.45, 7) is 1.83. The monoisotopic (exact) mass is 482 g/mol. The van der Waals surface area contributed by atoms with E-state index in [-0.39, 0.29) is 0 Å². The summed E-state index contributed by atoms with van der Waals surface area (Å²) in [4.78, 5) is 17.3.